The summed E-state index contributed by atoms with van der Waals surface area (Å²) in [4.78, 5) is 9.38. The van der Waals surface area contributed by atoms with E-state index in [2.05, 4.69) is 15.6 Å². The van der Waals surface area contributed by atoms with Crippen molar-refractivity contribution in [2.24, 2.45) is 0 Å². The lowest BCUT2D eigenvalue weighted by Crippen LogP contribution is -2.03. The van der Waals surface area contributed by atoms with Gasteiger partial charge in [-0.15, -0.1) is 12.4 Å². The molecule has 0 spiro atoms. The van der Waals surface area contributed by atoms with Crippen molar-refractivity contribution in [3.63, 3.8) is 0 Å². The monoisotopic (exact) mass is 450 g/mol. The van der Waals surface area contributed by atoms with E-state index < -0.39 is 0 Å². The Morgan fingerprint density at radius 3 is 2.25 bits per heavy atom. The van der Waals surface area contributed by atoms with Crippen LogP contribution in [0.5, 0.6) is 5.75 Å². The van der Waals surface area contributed by atoms with E-state index in [1.54, 1.807) is 0 Å². The Balaban J connectivity index is 0.00000289. The normalized spacial score (nSPS) is 10.4. The summed E-state index contributed by atoms with van der Waals surface area (Å²) in [5.74, 6) is 2.11. The van der Waals surface area contributed by atoms with Gasteiger partial charge in [0.25, 0.3) is 0 Å². The topological polar surface area (TPSA) is 68.3 Å². The molecule has 1 aromatic heterocycles. The highest BCUT2D eigenvalue weighted by atomic mass is 35.5. The summed E-state index contributed by atoms with van der Waals surface area (Å²) in [6, 6.07) is 25.8. The van der Waals surface area contributed by atoms with Gasteiger partial charge in [0.05, 0.1) is 12.1 Å². The Bertz CT molecular complexity index is 1110. The molecule has 0 radical (unpaired) electrons. The van der Waals surface area contributed by atoms with Crippen molar-refractivity contribution in [3.05, 3.63) is 78.9 Å². The van der Waals surface area contributed by atoms with Gasteiger partial charge in [-0.2, -0.15) is 4.98 Å². The molecule has 1 heterocycles. The van der Waals surface area contributed by atoms with Crippen LogP contribution in [0.1, 0.15) is 13.3 Å². The van der Waals surface area contributed by atoms with Crippen LogP contribution in [0.4, 0.5) is 23.1 Å². The Labute approximate surface area is 194 Å². The lowest BCUT2D eigenvalue weighted by molar-refractivity contribution is 0.131. The minimum absolute atomic E-state index is 0. The molecule has 4 rings (SSSR count). The van der Waals surface area contributed by atoms with Gasteiger partial charge >= 0.3 is 0 Å². The molecule has 0 saturated carbocycles. The SMILES string of the molecule is CCOCCCOc1ccc(Nc2nc(Nc3ccccc3)c3ccccc3n2)cc1.Cl. The van der Waals surface area contributed by atoms with Crippen molar-refractivity contribution in [3.8, 4) is 5.75 Å². The first-order chi connectivity index (χ1) is 15.3. The smallest absolute Gasteiger partial charge is 0.229 e. The van der Waals surface area contributed by atoms with Crippen LogP contribution in [0.3, 0.4) is 0 Å². The summed E-state index contributed by atoms with van der Waals surface area (Å²) >= 11 is 0. The van der Waals surface area contributed by atoms with Gasteiger partial charge < -0.3 is 20.1 Å². The number of hydrogen-bond acceptors (Lipinski definition) is 6. The Kier molecular flexibility index (Phi) is 8.66. The molecule has 32 heavy (non-hydrogen) atoms. The predicted molar refractivity (Wildman–Crippen MR) is 133 cm³/mol. The number of halogens is 1. The number of nitrogens with zero attached hydrogens (tertiary/aromatic N) is 2. The Morgan fingerprint density at radius 1 is 0.750 bits per heavy atom. The summed E-state index contributed by atoms with van der Waals surface area (Å²) in [5, 5.41) is 7.66. The van der Waals surface area contributed by atoms with E-state index in [0.717, 1.165) is 53.5 Å². The molecule has 4 aromatic rings. The van der Waals surface area contributed by atoms with Crippen LogP contribution in [-0.2, 0) is 4.74 Å². The first-order valence-corrected chi connectivity index (χ1v) is 10.5. The average molecular weight is 451 g/mol. The van der Waals surface area contributed by atoms with E-state index in [1.807, 2.05) is 85.8 Å². The second kappa shape index (κ2) is 11.9. The van der Waals surface area contributed by atoms with Gasteiger partial charge in [-0.1, -0.05) is 30.3 Å². The third-order valence-electron chi connectivity index (χ3n) is 4.66. The molecule has 0 fully saturated rings. The fourth-order valence-corrected chi connectivity index (χ4v) is 3.14. The maximum absolute atomic E-state index is 5.75. The minimum atomic E-state index is 0. The highest BCUT2D eigenvalue weighted by molar-refractivity contribution is 5.92. The van der Waals surface area contributed by atoms with Gasteiger partial charge in [-0.3, -0.25) is 0 Å². The van der Waals surface area contributed by atoms with Gasteiger partial charge in [-0.05, 0) is 55.5 Å². The van der Waals surface area contributed by atoms with Crippen LogP contribution in [-0.4, -0.2) is 29.8 Å². The van der Waals surface area contributed by atoms with Crippen LogP contribution < -0.4 is 15.4 Å². The first kappa shape index (κ1) is 23.3. The molecule has 7 heteroatoms. The van der Waals surface area contributed by atoms with Crippen LogP contribution >= 0.6 is 12.4 Å². The van der Waals surface area contributed by atoms with E-state index in [1.165, 1.54) is 0 Å². The third-order valence-corrected chi connectivity index (χ3v) is 4.66. The standard InChI is InChI=1S/C25H26N4O2.ClH/c1-2-30-17-8-18-31-21-15-13-20(14-16-21)27-25-28-23-12-7-6-11-22(23)24(29-25)26-19-9-4-3-5-10-19;/h3-7,9-16H,2,8,17-18H2,1H3,(H2,26,27,28,29);1H. The first-order valence-electron chi connectivity index (χ1n) is 10.5. The van der Waals surface area contributed by atoms with Crippen LogP contribution in [0.2, 0.25) is 0 Å². The molecule has 166 valence electrons. The van der Waals surface area contributed by atoms with E-state index >= 15 is 0 Å². The molecule has 0 unspecified atom stereocenters. The third kappa shape index (κ3) is 6.33. The molecule has 0 saturated heterocycles. The second-order valence-electron chi connectivity index (χ2n) is 6.95. The van der Waals surface area contributed by atoms with Crippen molar-refractivity contribution < 1.29 is 9.47 Å². The molecule has 0 aliphatic rings. The van der Waals surface area contributed by atoms with Gasteiger partial charge in [-0.25, -0.2) is 4.98 Å². The molecule has 6 nitrogen and oxygen atoms in total. The maximum Gasteiger partial charge on any atom is 0.229 e. The minimum Gasteiger partial charge on any atom is -0.494 e. The van der Waals surface area contributed by atoms with E-state index in [4.69, 9.17) is 14.5 Å². The summed E-state index contributed by atoms with van der Waals surface area (Å²) in [7, 11) is 0. The number of para-hydroxylation sites is 2. The van der Waals surface area contributed by atoms with Crippen LogP contribution in [0, 0.1) is 0 Å². The lowest BCUT2D eigenvalue weighted by atomic mass is 10.2. The number of ether oxygens (including phenoxy) is 2. The van der Waals surface area contributed by atoms with Gasteiger partial charge in [0.1, 0.15) is 11.6 Å². The van der Waals surface area contributed by atoms with Crippen molar-refractivity contribution in [1.29, 1.82) is 0 Å². The molecular weight excluding hydrogens is 424 g/mol. The molecule has 0 atom stereocenters. The maximum atomic E-state index is 5.75. The Morgan fingerprint density at radius 2 is 1.47 bits per heavy atom. The number of rotatable bonds is 10. The lowest BCUT2D eigenvalue weighted by Gasteiger charge is -2.12. The zero-order chi connectivity index (χ0) is 21.3. The number of anilines is 4. The summed E-state index contributed by atoms with van der Waals surface area (Å²) in [6.07, 6.45) is 0.871. The number of benzene rings is 3. The van der Waals surface area contributed by atoms with Crippen molar-refractivity contribution in [1.82, 2.24) is 9.97 Å². The highest BCUT2D eigenvalue weighted by Crippen LogP contribution is 2.26. The molecule has 0 bridgehead atoms. The molecule has 0 aliphatic carbocycles. The van der Waals surface area contributed by atoms with Crippen molar-refractivity contribution in [2.75, 3.05) is 30.5 Å². The van der Waals surface area contributed by atoms with Crippen LogP contribution in [0.25, 0.3) is 10.9 Å². The highest BCUT2D eigenvalue weighted by Gasteiger charge is 2.08. The molecule has 0 amide bonds. The molecular formula is C25H27ClN4O2. The fourth-order valence-electron chi connectivity index (χ4n) is 3.14. The van der Waals surface area contributed by atoms with Gasteiger partial charge in [0, 0.05) is 36.4 Å². The number of nitrogens with one attached hydrogen (secondary N) is 2. The van der Waals surface area contributed by atoms with Crippen LogP contribution in [0.15, 0.2) is 78.9 Å². The van der Waals surface area contributed by atoms with Gasteiger partial charge in [0.15, 0.2) is 0 Å². The summed E-state index contributed by atoms with van der Waals surface area (Å²) in [6.45, 7) is 4.08. The zero-order valence-electron chi connectivity index (χ0n) is 18.0. The van der Waals surface area contributed by atoms with Crippen molar-refractivity contribution >= 4 is 46.5 Å². The van der Waals surface area contributed by atoms with Gasteiger partial charge in [0.2, 0.25) is 5.95 Å². The van der Waals surface area contributed by atoms with E-state index in [-0.39, 0.29) is 12.4 Å². The Hall–Kier alpha value is -3.35. The molecule has 3 aromatic carbocycles. The molecule has 0 aliphatic heterocycles. The number of fused-ring (bicyclic) bond motifs is 1. The molecule has 2 N–H and O–H groups in total. The summed E-state index contributed by atoms with van der Waals surface area (Å²) < 4.78 is 11.1. The number of aromatic nitrogens is 2. The largest absolute Gasteiger partial charge is 0.494 e. The second-order valence-corrected chi connectivity index (χ2v) is 6.95. The number of hydrogen-bond donors (Lipinski definition) is 2. The average Bonchev–Trinajstić information content (AvgIpc) is 2.81. The summed E-state index contributed by atoms with van der Waals surface area (Å²) in [5.41, 5.74) is 2.73. The predicted octanol–water partition coefficient (Wildman–Crippen LogP) is 6.34. The fraction of sp³-hybridized carbons (Fsp3) is 0.200. The van der Waals surface area contributed by atoms with E-state index in [9.17, 15) is 0 Å². The van der Waals surface area contributed by atoms with E-state index in [0.29, 0.717) is 12.6 Å². The quantitative estimate of drug-likeness (QED) is 0.274. The van der Waals surface area contributed by atoms with Crippen molar-refractivity contribution in [2.45, 2.75) is 13.3 Å². The zero-order valence-corrected chi connectivity index (χ0v) is 18.8.